The van der Waals surface area contributed by atoms with Crippen LogP contribution in [0.5, 0.6) is 0 Å². The summed E-state index contributed by atoms with van der Waals surface area (Å²) in [5.74, 6) is -6.09. The Morgan fingerprint density at radius 1 is 1.27 bits per heavy atom. The van der Waals surface area contributed by atoms with Gasteiger partial charge in [0.05, 0.1) is 17.8 Å². The minimum Gasteiger partial charge on any atom is -0.477 e. The third-order valence-electron chi connectivity index (χ3n) is 4.49. The fraction of sp³-hybridized carbons (Fsp3) is 0.300. The Morgan fingerprint density at radius 3 is 2.69 bits per heavy atom. The van der Waals surface area contributed by atoms with Gasteiger partial charge in [-0.15, -0.1) is 0 Å². The van der Waals surface area contributed by atoms with E-state index in [1.807, 2.05) is 26.8 Å². The van der Waals surface area contributed by atoms with E-state index in [1.165, 1.54) is 17.7 Å². The Bertz CT molecular complexity index is 981. The SMILES string of the molecule is CC1=CC=C(C)CC(Cn2nc(C)c3ccc(C(F)(F)C(=O)O)cc32)=C1. The average Bonchev–Trinajstić information content (AvgIpc) is 2.77. The zero-order chi connectivity index (χ0) is 19.1. The standard InChI is InChI=1S/C20H20F2N2O2/c1-12-4-5-13(2)9-15(8-12)11-24-18-10-16(20(21,22)19(25)26)6-7-17(18)14(3)23-24/h4-8,10H,9,11H2,1-3H3,(H,25,26). The number of aryl methyl sites for hydroxylation is 1. The fourth-order valence-corrected chi connectivity index (χ4v) is 3.19. The molecular formula is C20H20F2N2O2. The first-order chi connectivity index (χ1) is 12.2. The lowest BCUT2D eigenvalue weighted by molar-refractivity contribution is -0.166. The second-order valence-electron chi connectivity index (χ2n) is 6.76. The molecule has 1 aliphatic carbocycles. The molecule has 0 bridgehead atoms. The van der Waals surface area contributed by atoms with Crippen molar-refractivity contribution in [3.05, 3.63) is 64.4 Å². The summed E-state index contributed by atoms with van der Waals surface area (Å²) in [5.41, 5.74) is 4.13. The van der Waals surface area contributed by atoms with Gasteiger partial charge in [0.15, 0.2) is 0 Å². The predicted molar refractivity (Wildman–Crippen MR) is 96.2 cm³/mol. The van der Waals surface area contributed by atoms with Crippen LogP contribution in [-0.2, 0) is 17.3 Å². The van der Waals surface area contributed by atoms with Crippen molar-refractivity contribution in [2.45, 2.75) is 39.7 Å². The van der Waals surface area contributed by atoms with Crippen LogP contribution < -0.4 is 0 Å². The van der Waals surface area contributed by atoms with Gasteiger partial charge in [-0.3, -0.25) is 4.68 Å². The van der Waals surface area contributed by atoms with E-state index in [9.17, 15) is 13.6 Å². The molecule has 0 atom stereocenters. The lowest BCUT2D eigenvalue weighted by Gasteiger charge is -2.13. The first-order valence-corrected chi connectivity index (χ1v) is 8.31. The van der Waals surface area contributed by atoms with Crippen molar-refractivity contribution in [3.8, 4) is 0 Å². The van der Waals surface area contributed by atoms with Crippen molar-refractivity contribution in [1.29, 1.82) is 0 Å². The van der Waals surface area contributed by atoms with Gasteiger partial charge in [-0.05, 0) is 38.8 Å². The molecule has 0 fully saturated rings. The molecule has 136 valence electrons. The van der Waals surface area contributed by atoms with Crippen molar-refractivity contribution in [3.63, 3.8) is 0 Å². The second-order valence-corrected chi connectivity index (χ2v) is 6.76. The van der Waals surface area contributed by atoms with Crippen LogP contribution in [0.15, 0.2) is 53.1 Å². The molecule has 1 aliphatic rings. The number of alkyl halides is 2. The number of hydrogen-bond donors (Lipinski definition) is 1. The van der Waals surface area contributed by atoms with Gasteiger partial charge in [-0.25, -0.2) is 4.79 Å². The van der Waals surface area contributed by atoms with E-state index in [4.69, 9.17) is 5.11 Å². The van der Waals surface area contributed by atoms with E-state index >= 15 is 0 Å². The van der Waals surface area contributed by atoms with E-state index in [0.717, 1.165) is 34.7 Å². The highest BCUT2D eigenvalue weighted by Crippen LogP contribution is 2.32. The molecule has 0 saturated carbocycles. The van der Waals surface area contributed by atoms with Crippen molar-refractivity contribution in [2.24, 2.45) is 0 Å². The van der Waals surface area contributed by atoms with Crippen LogP contribution in [-0.4, -0.2) is 20.9 Å². The third-order valence-corrected chi connectivity index (χ3v) is 4.49. The van der Waals surface area contributed by atoms with Gasteiger partial charge in [0.25, 0.3) is 0 Å². The molecule has 3 rings (SSSR count). The third kappa shape index (κ3) is 3.31. The van der Waals surface area contributed by atoms with Crippen LogP contribution >= 0.6 is 0 Å². The minimum atomic E-state index is -3.93. The van der Waals surface area contributed by atoms with Crippen molar-refractivity contribution in [2.75, 3.05) is 0 Å². The van der Waals surface area contributed by atoms with Gasteiger partial charge in [0, 0.05) is 10.9 Å². The lowest BCUT2D eigenvalue weighted by Crippen LogP contribution is -2.25. The normalized spacial score (nSPS) is 15.3. The molecule has 2 aromatic rings. The summed E-state index contributed by atoms with van der Waals surface area (Å²) in [4.78, 5) is 10.9. The molecule has 0 aliphatic heterocycles. The monoisotopic (exact) mass is 358 g/mol. The number of rotatable bonds is 4. The van der Waals surface area contributed by atoms with Crippen LogP contribution in [0, 0.1) is 6.92 Å². The fourth-order valence-electron chi connectivity index (χ4n) is 3.19. The second kappa shape index (κ2) is 6.52. The van der Waals surface area contributed by atoms with E-state index < -0.39 is 17.5 Å². The van der Waals surface area contributed by atoms with E-state index in [-0.39, 0.29) is 0 Å². The maximum absolute atomic E-state index is 13.9. The van der Waals surface area contributed by atoms with E-state index in [1.54, 1.807) is 4.68 Å². The number of nitrogens with zero attached hydrogens (tertiary/aromatic N) is 2. The molecule has 26 heavy (non-hydrogen) atoms. The minimum absolute atomic E-state index is 0.461. The first-order valence-electron chi connectivity index (χ1n) is 8.31. The van der Waals surface area contributed by atoms with Gasteiger partial charge < -0.3 is 5.11 Å². The number of carboxylic acid groups (broad SMARTS) is 1. The number of halogens is 2. The number of allylic oxidation sites excluding steroid dienone is 6. The molecule has 4 nitrogen and oxygen atoms in total. The Balaban J connectivity index is 2.05. The Hall–Kier alpha value is -2.76. The molecule has 0 amide bonds. The number of aromatic nitrogens is 2. The molecule has 6 heteroatoms. The molecule has 1 heterocycles. The molecule has 0 radical (unpaired) electrons. The summed E-state index contributed by atoms with van der Waals surface area (Å²) in [6.07, 6.45) is 6.96. The zero-order valence-electron chi connectivity index (χ0n) is 14.9. The van der Waals surface area contributed by atoms with Gasteiger partial charge in [-0.1, -0.05) is 41.5 Å². The summed E-state index contributed by atoms with van der Waals surface area (Å²) in [6, 6.07) is 3.89. The molecule has 0 saturated heterocycles. The summed E-state index contributed by atoms with van der Waals surface area (Å²) in [7, 11) is 0. The van der Waals surface area contributed by atoms with Gasteiger partial charge in [0.1, 0.15) is 0 Å². The highest BCUT2D eigenvalue weighted by atomic mass is 19.3. The van der Waals surface area contributed by atoms with Gasteiger partial charge >= 0.3 is 11.9 Å². The van der Waals surface area contributed by atoms with Crippen molar-refractivity contribution in [1.82, 2.24) is 9.78 Å². The maximum Gasteiger partial charge on any atom is 0.379 e. The van der Waals surface area contributed by atoms with Crippen molar-refractivity contribution >= 4 is 16.9 Å². The Kier molecular flexibility index (Phi) is 4.52. The summed E-state index contributed by atoms with van der Waals surface area (Å²) in [6.45, 7) is 6.32. The predicted octanol–water partition coefficient (Wildman–Crippen LogP) is 4.74. The smallest absolute Gasteiger partial charge is 0.379 e. The number of carbonyl (C=O) groups is 1. The van der Waals surface area contributed by atoms with Crippen LogP contribution in [0.1, 0.15) is 31.5 Å². The number of carboxylic acids is 1. The number of benzene rings is 1. The summed E-state index contributed by atoms with van der Waals surface area (Å²) < 4.78 is 29.5. The largest absolute Gasteiger partial charge is 0.477 e. The van der Waals surface area contributed by atoms with Crippen LogP contribution in [0.4, 0.5) is 8.78 Å². The summed E-state index contributed by atoms with van der Waals surface area (Å²) in [5, 5.41) is 14.0. The number of hydrogen-bond acceptors (Lipinski definition) is 2. The molecule has 1 N–H and O–H groups in total. The molecule has 0 unspecified atom stereocenters. The highest BCUT2D eigenvalue weighted by molar-refractivity contribution is 5.85. The van der Waals surface area contributed by atoms with E-state index in [2.05, 4.69) is 17.3 Å². The molecular weight excluding hydrogens is 338 g/mol. The molecule has 0 spiro atoms. The van der Waals surface area contributed by atoms with E-state index in [0.29, 0.717) is 12.1 Å². The lowest BCUT2D eigenvalue weighted by atomic mass is 10.0. The Morgan fingerprint density at radius 2 is 2.00 bits per heavy atom. The summed E-state index contributed by atoms with van der Waals surface area (Å²) >= 11 is 0. The first kappa shape index (κ1) is 18.0. The van der Waals surface area contributed by atoms with Gasteiger partial charge in [-0.2, -0.15) is 13.9 Å². The number of aliphatic carboxylic acids is 1. The quantitative estimate of drug-likeness (QED) is 0.858. The maximum atomic E-state index is 13.9. The topological polar surface area (TPSA) is 55.1 Å². The number of fused-ring (bicyclic) bond motifs is 1. The molecule has 1 aromatic carbocycles. The van der Waals surface area contributed by atoms with Crippen molar-refractivity contribution < 1.29 is 18.7 Å². The Labute approximate surface area is 150 Å². The zero-order valence-corrected chi connectivity index (χ0v) is 14.9. The van der Waals surface area contributed by atoms with Crippen LogP contribution in [0.25, 0.3) is 10.9 Å². The van der Waals surface area contributed by atoms with Gasteiger partial charge in [0.2, 0.25) is 0 Å². The van der Waals surface area contributed by atoms with Crippen LogP contribution in [0.3, 0.4) is 0 Å². The van der Waals surface area contributed by atoms with Crippen LogP contribution in [0.2, 0.25) is 0 Å². The highest BCUT2D eigenvalue weighted by Gasteiger charge is 2.41. The molecule has 1 aromatic heterocycles. The average molecular weight is 358 g/mol.